The quantitative estimate of drug-likeness (QED) is 0.560. The van der Waals surface area contributed by atoms with Crippen LogP contribution in [-0.4, -0.2) is 38.4 Å². The second-order valence-electron chi connectivity index (χ2n) is 3.13. The lowest BCUT2D eigenvalue weighted by molar-refractivity contribution is 0.584. The minimum Gasteiger partial charge on any atom is -0.309 e. The molecule has 1 atom stereocenters. The third-order valence-electron chi connectivity index (χ3n) is 2.01. The van der Waals surface area contributed by atoms with Gasteiger partial charge in [-0.25, -0.2) is 8.42 Å². The summed E-state index contributed by atoms with van der Waals surface area (Å²) in [6.45, 7) is 0.701. The fourth-order valence-electron chi connectivity index (χ4n) is 1.34. The smallest absolute Gasteiger partial charge is 0.151 e. The van der Waals surface area contributed by atoms with Gasteiger partial charge >= 0.3 is 0 Å². The molecule has 1 fully saturated rings. The molecule has 0 radical (unpaired) electrons. The molecule has 13 heavy (non-hydrogen) atoms. The van der Waals surface area contributed by atoms with E-state index in [9.17, 15) is 8.42 Å². The number of allylic oxidation sites excluding steroid dienone is 1. The molecule has 0 amide bonds. The van der Waals surface area contributed by atoms with E-state index in [2.05, 4.69) is 5.32 Å². The van der Waals surface area contributed by atoms with Crippen molar-refractivity contribution in [3.63, 3.8) is 0 Å². The summed E-state index contributed by atoms with van der Waals surface area (Å²) in [4.78, 5) is 0. The molecule has 76 valence electrons. The Kier molecular flexibility index (Phi) is 4.22. The maximum atomic E-state index is 11.1. The summed E-state index contributed by atoms with van der Waals surface area (Å²) in [5, 5.41) is 3.15. The van der Waals surface area contributed by atoms with Crippen LogP contribution in [0.1, 0.15) is 6.42 Å². The molecule has 0 aromatic heterocycles. The first-order chi connectivity index (χ1) is 6.14. The van der Waals surface area contributed by atoms with Crippen LogP contribution in [0.3, 0.4) is 0 Å². The van der Waals surface area contributed by atoms with Crippen molar-refractivity contribution < 1.29 is 8.42 Å². The number of alkyl halides is 1. The lowest BCUT2D eigenvalue weighted by atomic mass is 10.2. The topological polar surface area (TPSA) is 46.2 Å². The van der Waals surface area contributed by atoms with E-state index in [0.717, 1.165) is 6.42 Å². The fourth-order valence-corrected chi connectivity index (χ4v) is 3.17. The Labute approximate surface area is 84.1 Å². The molecule has 0 bridgehead atoms. The first-order valence-corrected chi connectivity index (χ1v) is 6.64. The Bertz CT molecular complexity index is 274. The van der Waals surface area contributed by atoms with Gasteiger partial charge in [0.25, 0.3) is 0 Å². The first-order valence-electron chi connectivity index (χ1n) is 4.29. The molecule has 5 heteroatoms. The second kappa shape index (κ2) is 4.98. The van der Waals surface area contributed by atoms with E-state index in [4.69, 9.17) is 11.6 Å². The summed E-state index contributed by atoms with van der Waals surface area (Å²) in [6.07, 6.45) is 4.49. The van der Waals surface area contributed by atoms with E-state index < -0.39 is 9.84 Å². The highest BCUT2D eigenvalue weighted by atomic mass is 35.5. The van der Waals surface area contributed by atoms with Gasteiger partial charge < -0.3 is 5.32 Å². The third kappa shape index (κ3) is 4.11. The lowest BCUT2D eigenvalue weighted by Crippen LogP contribution is -2.29. The van der Waals surface area contributed by atoms with Gasteiger partial charge in [0.1, 0.15) is 0 Å². The second-order valence-corrected chi connectivity index (χ2v) is 5.67. The molecule has 0 aliphatic carbocycles. The number of nitrogens with one attached hydrogen (secondary N) is 1. The molecule has 3 nitrogen and oxygen atoms in total. The van der Waals surface area contributed by atoms with E-state index >= 15 is 0 Å². The zero-order valence-corrected chi connectivity index (χ0v) is 8.94. The van der Waals surface area contributed by atoms with E-state index in [1.54, 1.807) is 0 Å². The fraction of sp³-hybridized carbons (Fsp3) is 0.750. The van der Waals surface area contributed by atoms with Gasteiger partial charge in [0.2, 0.25) is 0 Å². The average molecular weight is 224 g/mol. The van der Waals surface area contributed by atoms with E-state index in [0.29, 0.717) is 18.2 Å². The molecule has 1 N–H and O–H groups in total. The molecule has 1 heterocycles. The van der Waals surface area contributed by atoms with Crippen LogP contribution in [0.5, 0.6) is 0 Å². The van der Waals surface area contributed by atoms with Crippen LogP contribution in [0.15, 0.2) is 12.2 Å². The molecule has 1 unspecified atom stereocenters. The molecule has 1 saturated heterocycles. The molecule has 1 aliphatic rings. The van der Waals surface area contributed by atoms with Gasteiger partial charge in [-0.2, -0.15) is 0 Å². The number of hydrogen-bond acceptors (Lipinski definition) is 3. The third-order valence-corrected chi connectivity index (χ3v) is 3.96. The van der Waals surface area contributed by atoms with Crippen molar-refractivity contribution in [1.29, 1.82) is 0 Å². The van der Waals surface area contributed by atoms with Crippen LogP contribution in [0, 0.1) is 0 Å². The number of hydrogen-bond donors (Lipinski definition) is 1. The van der Waals surface area contributed by atoms with Gasteiger partial charge in [-0.3, -0.25) is 0 Å². The van der Waals surface area contributed by atoms with Crippen molar-refractivity contribution in [3.05, 3.63) is 12.2 Å². The normalized spacial score (nSPS) is 27.0. The number of halogens is 1. The van der Waals surface area contributed by atoms with Crippen LogP contribution < -0.4 is 5.32 Å². The maximum absolute atomic E-state index is 11.1. The Hall–Kier alpha value is -0.0600. The van der Waals surface area contributed by atoms with Crippen molar-refractivity contribution in [2.24, 2.45) is 0 Å². The average Bonchev–Trinajstić information content (AvgIpc) is 2.40. The SMILES string of the molecule is O=S1(=O)CCC(NC/C=C/CCl)C1. The first kappa shape index (κ1) is 11.0. The molecule has 0 spiro atoms. The zero-order valence-electron chi connectivity index (χ0n) is 7.37. The van der Waals surface area contributed by atoms with Crippen molar-refractivity contribution in [2.45, 2.75) is 12.5 Å². The van der Waals surface area contributed by atoms with Crippen LogP contribution in [0.4, 0.5) is 0 Å². The van der Waals surface area contributed by atoms with Gasteiger partial charge in [-0.1, -0.05) is 12.2 Å². The predicted molar refractivity (Wildman–Crippen MR) is 54.9 cm³/mol. The Morgan fingerprint density at radius 3 is 2.77 bits per heavy atom. The predicted octanol–water partition coefficient (Wildman–Crippen LogP) is 0.558. The molecular weight excluding hydrogens is 210 g/mol. The van der Waals surface area contributed by atoms with E-state index in [-0.39, 0.29) is 11.8 Å². The molecule has 1 rings (SSSR count). The van der Waals surface area contributed by atoms with Crippen LogP contribution in [0.25, 0.3) is 0 Å². The van der Waals surface area contributed by atoms with Gasteiger partial charge in [0.15, 0.2) is 9.84 Å². The van der Waals surface area contributed by atoms with Crippen molar-refractivity contribution in [1.82, 2.24) is 5.32 Å². The Morgan fingerprint density at radius 2 is 2.23 bits per heavy atom. The van der Waals surface area contributed by atoms with Crippen molar-refractivity contribution in [2.75, 3.05) is 23.9 Å². The number of rotatable bonds is 4. The van der Waals surface area contributed by atoms with Crippen LogP contribution in [0.2, 0.25) is 0 Å². The molecule has 1 aliphatic heterocycles. The highest BCUT2D eigenvalue weighted by Crippen LogP contribution is 2.10. The summed E-state index contributed by atoms with van der Waals surface area (Å²) < 4.78 is 22.1. The highest BCUT2D eigenvalue weighted by Gasteiger charge is 2.26. The highest BCUT2D eigenvalue weighted by molar-refractivity contribution is 7.91. The molecule has 0 aromatic rings. The molecular formula is C8H14ClNO2S. The zero-order chi connectivity index (χ0) is 9.73. The van der Waals surface area contributed by atoms with E-state index in [1.807, 2.05) is 12.2 Å². The summed E-state index contributed by atoms with van der Waals surface area (Å²) >= 11 is 5.43. The Balaban J connectivity index is 2.21. The molecule has 0 saturated carbocycles. The van der Waals surface area contributed by atoms with Crippen molar-refractivity contribution in [3.8, 4) is 0 Å². The van der Waals surface area contributed by atoms with Crippen LogP contribution in [-0.2, 0) is 9.84 Å². The monoisotopic (exact) mass is 223 g/mol. The number of sulfone groups is 1. The van der Waals surface area contributed by atoms with Gasteiger partial charge in [0, 0.05) is 18.5 Å². The Morgan fingerprint density at radius 1 is 1.46 bits per heavy atom. The van der Waals surface area contributed by atoms with Gasteiger partial charge in [-0.15, -0.1) is 11.6 Å². The summed E-state index contributed by atoms with van der Waals surface area (Å²) in [6, 6.07) is 0.130. The lowest BCUT2D eigenvalue weighted by Gasteiger charge is -2.06. The van der Waals surface area contributed by atoms with E-state index in [1.165, 1.54) is 0 Å². The summed E-state index contributed by atoms with van der Waals surface area (Å²) in [5.41, 5.74) is 0. The van der Waals surface area contributed by atoms with Crippen LogP contribution >= 0.6 is 11.6 Å². The standard InChI is InChI=1S/C8H14ClNO2S/c9-4-1-2-5-10-8-3-6-13(11,12)7-8/h1-2,8,10H,3-7H2/b2-1+. The largest absolute Gasteiger partial charge is 0.309 e. The summed E-state index contributed by atoms with van der Waals surface area (Å²) in [7, 11) is -2.75. The van der Waals surface area contributed by atoms with Crippen molar-refractivity contribution >= 4 is 21.4 Å². The van der Waals surface area contributed by atoms with Gasteiger partial charge in [0.05, 0.1) is 11.5 Å². The maximum Gasteiger partial charge on any atom is 0.151 e. The van der Waals surface area contributed by atoms with Gasteiger partial charge in [-0.05, 0) is 6.42 Å². The minimum atomic E-state index is -2.75. The summed E-state index contributed by atoms with van der Waals surface area (Å²) in [5.74, 6) is 1.11. The molecule has 0 aromatic carbocycles. The minimum absolute atomic E-state index is 0.130.